The molecule has 4 rings (SSSR count). The van der Waals surface area contributed by atoms with Crippen molar-refractivity contribution < 1.29 is 59.3 Å². The van der Waals surface area contributed by atoms with E-state index < -0.39 is 78.2 Å². The Kier molecular flexibility index (Phi) is 12.9. The molecule has 4 N–H and O–H groups in total. The molecular weight excluding hydrogens is 683 g/mol. The molecule has 270 valence electrons. The van der Waals surface area contributed by atoms with E-state index in [0.717, 1.165) is 43.8 Å². The molecule has 0 radical (unpaired) electrons. The molecule has 0 spiro atoms. The molecule has 0 bridgehead atoms. The summed E-state index contributed by atoms with van der Waals surface area (Å²) in [5, 5.41) is 9.50. The molecule has 50 heavy (non-hydrogen) atoms. The van der Waals surface area contributed by atoms with Crippen LogP contribution >= 0.6 is 0 Å². The standard InChI is InChI=1S/C32H32F7N5O6/c1-48-31(47)44-28(27(17-2-4-19(33)5-3-17)18-8-20(34)10-21(35)9-18)29(45)43-26-13-40-12-25(36)24(26)7-6-23-11-41-22(14-49-23)15-50-30(46)42-16-32(37,38)39/h2-5,8-10,12-13,22-23,27-28,41H,6-7,11,14-16H2,1H3,(H,42,46)(H,43,45)(H,44,47)/t22-,23-,27+,28+/m1/s1. The predicted molar refractivity (Wildman–Crippen MR) is 162 cm³/mol. The van der Waals surface area contributed by atoms with Crippen LogP contribution < -0.4 is 21.3 Å². The summed E-state index contributed by atoms with van der Waals surface area (Å²) in [6.45, 7) is -1.58. The van der Waals surface area contributed by atoms with Gasteiger partial charge in [-0.3, -0.25) is 9.78 Å². The van der Waals surface area contributed by atoms with Crippen molar-refractivity contribution in [2.45, 2.75) is 43.1 Å². The molecule has 0 aliphatic carbocycles. The first-order valence-electron chi connectivity index (χ1n) is 15.0. The highest BCUT2D eigenvalue weighted by Crippen LogP contribution is 2.31. The van der Waals surface area contributed by atoms with Gasteiger partial charge in [0.15, 0.2) is 0 Å². The lowest BCUT2D eigenvalue weighted by molar-refractivity contribution is -0.124. The fraction of sp³-hybridized carbons (Fsp3) is 0.375. The number of benzene rings is 2. The number of nitrogens with zero attached hydrogens (tertiary/aromatic N) is 1. The number of anilines is 1. The third kappa shape index (κ3) is 11.0. The van der Waals surface area contributed by atoms with E-state index in [9.17, 15) is 40.7 Å². The molecule has 11 nitrogen and oxygen atoms in total. The van der Waals surface area contributed by atoms with E-state index >= 15 is 4.39 Å². The Morgan fingerprint density at radius 2 is 1.68 bits per heavy atom. The first kappa shape index (κ1) is 37.8. The number of halogens is 7. The summed E-state index contributed by atoms with van der Waals surface area (Å²) in [5.74, 6) is -5.64. The van der Waals surface area contributed by atoms with Crippen molar-refractivity contribution in [1.29, 1.82) is 0 Å². The first-order chi connectivity index (χ1) is 23.7. The van der Waals surface area contributed by atoms with Gasteiger partial charge in [-0.1, -0.05) is 12.1 Å². The van der Waals surface area contributed by atoms with E-state index in [0.29, 0.717) is 6.07 Å². The van der Waals surface area contributed by atoms with Crippen LogP contribution in [0.4, 0.5) is 46.0 Å². The Bertz CT molecular complexity index is 1620. The van der Waals surface area contributed by atoms with Crippen LogP contribution in [0.3, 0.4) is 0 Å². The number of morpholine rings is 1. The molecule has 2 heterocycles. The molecule has 0 saturated carbocycles. The number of carbonyl (C=O) groups is 3. The number of aromatic nitrogens is 1. The zero-order valence-electron chi connectivity index (χ0n) is 26.3. The van der Waals surface area contributed by atoms with Gasteiger partial charge in [-0.05, 0) is 48.2 Å². The molecule has 1 aromatic heterocycles. The summed E-state index contributed by atoms with van der Waals surface area (Å²) in [6, 6.07) is 5.02. The van der Waals surface area contributed by atoms with Gasteiger partial charge in [-0.25, -0.2) is 27.2 Å². The van der Waals surface area contributed by atoms with Crippen LogP contribution in [0.1, 0.15) is 29.0 Å². The highest BCUT2D eigenvalue weighted by molar-refractivity contribution is 5.98. The smallest absolute Gasteiger partial charge is 0.407 e. The number of hydrogen-bond donors (Lipinski definition) is 4. The molecule has 2 aromatic carbocycles. The monoisotopic (exact) mass is 715 g/mol. The molecule has 1 saturated heterocycles. The Hall–Kier alpha value is -4.97. The van der Waals surface area contributed by atoms with E-state index in [1.807, 2.05) is 0 Å². The minimum Gasteiger partial charge on any atom is -0.453 e. The Morgan fingerprint density at radius 3 is 2.30 bits per heavy atom. The molecule has 3 aromatic rings. The number of hydrogen-bond acceptors (Lipinski definition) is 8. The van der Waals surface area contributed by atoms with Crippen LogP contribution in [0.5, 0.6) is 0 Å². The van der Waals surface area contributed by atoms with Crippen molar-refractivity contribution in [2.24, 2.45) is 0 Å². The summed E-state index contributed by atoms with van der Waals surface area (Å²) in [5.41, 5.74) is 0.0273. The van der Waals surface area contributed by atoms with Gasteiger partial charge in [0.05, 0.1) is 43.9 Å². The second-order valence-electron chi connectivity index (χ2n) is 11.1. The van der Waals surface area contributed by atoms with Gasteiger partial charge < -0.3 is 35.5 Å². The largest absolute Gasteiger partial charge is 0.453 e. The van der Waals surface area contributed by atoms with Crippen molar-refractivity contribution in [3.8, 4) is 0 Å². The summed E-state index contributed by atoms with van der Waals surface area (Å²) in [7, 11) is 1.03. The second-order valence-corrected chi connectivity index (χ2v) is 11.1. The van der Waals surface area contributed by atoms with Gasteiger partial charge in [-0.15, -0.1) is 0 Å². The molecule has 4 atom stereocenters. The third-order valence-electron chi connectivity index (χ3n) is 7.54. The Labute approximate surface area is 280 Å². The summed E-state index contributed by atoms with van der Waals surface area (Å²) >= 11 is 0. The molecular formula is C32H32F7N5O6. The number of alkyl halides is 3. The maximum Gasteiger partial charge on any atom is 0.407 e. The van der Waals surface area contributed by atoms with Gasteiger partial charge in [0.25, 0.3) is 0 Å². The van der Waals surface area contributed by atoms with E-state index in [1.54, 1.807) is 5.32 Å². The number of ether oxygens (including phenoxy) is 3. The van der Waals surface area contributed by atoms with Crippen molar-refractivity contribution in [3.05, 3.63) is 94.8 Å². The van der Waals surface area contributed by atoms with Gasteiger partial charge in [-0.2, -0.15) is 13.2 Å². The zero-order valence-corrected chi connectivity index (χ0v) is 26.3. The number of methoxy groups -OCH3 is 1. The summed E-state index contributed by atoms with van der Waals surface area (Å²) in [6.07, 6.45) is -5.11. The van der Waals surface area contributed by atoms with Crippen molar-refractivity contribution in [3.63, 3.8) is 0 Å². The summed E-state index contributed by atoms with van der Waals surface area (Å²) in [4.78, 5) is 41.6. The van der Waals surface area contributed by atoms with Gasteiger partial charge in [0, 0.05) is 24.1 Å². The number of nitrogens with one attached hydrogen (secondary N) is 4. The van der Waals surface area contributed by atoms with Crippen LogP contribution in [-0.2, 0) is 25.4 Å². The fourth-order valence-corrected chi connectivity index (χ4v) is 5.19. The maximum atomic E-state index is 15.1. The van der Waals surface area contributed by atoms with E-state index in [-0.39, 0.29) is 55.0 Å². The molecule has 1 aliphatic rings. The van der Waals surface area contributed by atoms with Crippen LogP contribution in [0, 0.1) is 23.3 Å². The number of amides is 3. The lowest BCUT2D eigenvalue weighted by atomic mass is 9.84. The van der Waals surface area contributed by atoms with Gasteiger partial charge in [0.2, 0.25) is 5.91 Å². The first-order valence-corrected chi connectivity index (χ1v) is 15.0. The topological polar surface area (TPSA) is 140 Å². The number of alkyl carbamates (subject to hydrolysis) is 2. The Morgan fingerprint density at radius 1 is 0.980 bits per heavy atom. The van der Waals surface area contributed by atoms with Crippen molar-refractivity contribution >= 4 is 23.8 Å². The molecule has 0 unspecified atom stereocenters. The predicted octanol–water partition coefficient (Wildman–Crippen LogP) is 4.71. The number of carbonyl (C=O) groups excluding carboxylic acids is 3. The number of pyridine rings is 1. The van der Waals surface area contributed by atoms with Crippen molar-refractivity contribution in [1.82, 2.24) is 20.9 Å². The lowest BCUT2D eigenvalue weighted by Gasteiger charge is -2.30. The molecule has 1 aliphatic heterocycles. The fourth-order valence-electron chi connectivity index (χ4n) is 5.19. The van der Waals surface area contributed by atoms with Gasteiger partial charge in [0.1, 0.15) is 42.5 Å². The zero-order chi connectivity index (χ0) is 36.4. The normalized spacial score (nSPS) is 17.3. The quantitative estimate of drug-likeness (QED) is 0.198. The molecule has 1 fully saturated rings. The lowest BCUT2D eigenvalue weighted by Crippen LogP contribution is -2.49. The minimum absolute atomic E-state index is 0.00290. The van der Waals surface area contributed by atoms with Crippen LogP contribution in [0.15, 0.2) is 54.9 Å². The number of rotatable bonds is 12. The SMILES string of the molecule is COC(=O)N[C@H](C(=O)Nc1cncc(F)c1CC[C@@H]1CN[C@@H](COC(=O)NCC(F)(F)F)CO1)[C@@H](c1ccc(F)cc1)c1cc(F)cc(F)c1. The van der Waals surface area contributed by atoms with E-state index in [1.165, 1.54) is 12.1 Å². The highest BCUT2D eigenvalue weighted by atomic mass is 19.4. The second kappa shape index (κ2) is 17.1. The average Bonchev–Trinajstić information content (AvgIpc) is 3.06. The van der Waals surface area contributed by atoms with E-state index in [2.05, 4.69) is 25.7 Å². The minimum atomic E-state index is -4.59. The van der Waals surface area contributed by atoms with Crippen LogP contribution in [0.2, 0.25) is 0 Å². The molecule has 3 amide bonds. The third-order valence-corrected chi connectivity index (χ3v) is 7.54. The molecule has 18 heteroatoms. The average molecular weight is 716 g/mol. The van der Waals surface area contributed by atoms with Crippen LogP contribution in [-0.4, -0.2) is 80.9 Å². The van der Waals surface area contributed by atoms with E-state index in [4.69, 9.17) is 9.47 Å². The highest BCUT2D eigenvalue weighted by Gasteiger charge is 2.35. The van der Waals surface area contributed by atoms with Crippen molar-refractivity contribution in [2.75, 3.05) is 38.7 Å². The summed E-state index contributed by atoms with van der Waals surface area (Å²) < 4.78 is 110. The van der Waals surface area contributed by atoms with Crippen LogP contribution in [0.25, 0.3) is 0 Å². The maximum absolute atomic E-state index is 15.1. The Balaban J connectivity index is 1.47. The van der Waals surface area contributed by atoms with Gasteiger partial charge >= 0.3 is 18.4 Å².